The second-order valence-electron chi connectivity index (χ2n) is 5.23. The van der Waals surface area contributed by atoms with E-state index >= 15 is 0 Å². The summed E-state index contributed by atoms with van der Waals surface area (Å²) < 4.78 is 31.1. The van der Waals surface area contributed by atoms with E-state index in [1.807, 2.05) is 0 Å². The third-order valence-electron chi connectivity index (χ3n) is 3.94. The third kappa shape index (κ3) is 4.17. The smallest absolute Gasteiger partial charge is 0.0845 e. The van der Waals surface area contributed by atoms with Gasteiger partial charge < -0.3 is 14.0 Å². The van der Waals surface area contributed by atoms with Crippen LogP contribution in [-0.4, -0.2) is 45.8 Å². The summed E-state index contributed by atoms with van der Waals surface area (Å²) in [6, 6.07) is 0. The van der Waals surface area contributed by atoms with Gasteiger partial charge >= 0.3 is 0 Å². The van der Waals surface area contributed by atoms with Crippen molar-refractivity contribution < 1.29 is 16.7 Å². The molecule has 102 valence electrons. The molecular formula is C13H27O3P. The summed E-state index contributed by atoms with van der Waals surface area (Å²) >= 11 is 0. The average molecular weight is 265 g/mol. The zero-order valence-corrected chi connectivity index (χ0v) is 12.4. The minimum absolute atomic E-state index is 0.0436. The summed E-state index contributed by atoms with van der Waals surface area (Å²) in [5.74, 6) is 1.34. The molecule has 0 aliphatic carbocycles. The molecule has 17 heavy (non-hydrogen) atoms. The van der Waals surface area contributed by atoms with Crippen molar-refractivity contribution in [1.29, 1.82) is 0 Å². The molecular weight excluding hydrogens is 235 g/mol. The van der Waals surface area contributed by atoms with Crippen LogP contribution in [0.25, 0.3) is 0 Å². The second kappa shape index (κ2) is 7.04. The molecule has 0 saturated carbocycles. The van der Waals surface area contributed by atoms with Gasteiger partial charge in [-0.15, -0.1) is 0 Å². The lowest BCUT2D eigenvalue weighted by molar-refractivity contribution is -0.160. The van der Waals surface area contributed by atoms with Crippen molar-refractivity contribution in [1.82, 2.24) is 0 Å². The van der Waals surface area contributed by atoms with Crippen LogP contribution in [0, 0.1) is 17.8 Å². The number of rotatable bonds is 5. The van der Waals surface area contributed by atoms with Gasteiger partial charge in [0.05, 0.1) is 28.2 Å². The lowest BCUT2D eigenvalue weighted by atomic mass is 9.77. The molecule has 4 heteroatoms. The van der Waals surface area contributed by atoms with E-state index < -0.39 is 7.06 Å². The van der Waals surface area contributed by atoms with E-state index in [2.05, 4.69) is 34.1 Å². The Balaban J connectivity index is 2.57. The van der Waals surface area contributed by atoms with E-state index in [9.17, 15) is 0 Å². The van der Waals surface area contributed by atoms with Gasteiger partial charge in [0.2, 0.25) is 0 Å². The highest BCUT2D eigenvalue weighted by Crippen LogP contribution is 2.37. The Hall–Kier alpha value is 0.310. The van der Waals surface area contributed by atoms with Gasteiger partial charge in [-0.2, -0.15) is 0 Å². The standard InChI is InChI=1S/C13H27O3P/c1-9-10(2)12(7-14-4)16-13(11(9)3)8-15-17(5)6/h9-13H,7-8H2,1-6H3/t9-,10-,11+,12+,13-/m0/s1/i4TD/t4?,9-,10-,11+,12+,13-. The van der Waals surface area contributed by atoms with Crippen molar-refractivity contribution in [3.05, 3.63) is 0 Å². The Bertz CT molecular complexity index is 242. The van der Waals surface area contributed by atoms with Crippen LogP contribution in [0.4, 0.5) is 0 Å². The number of hydrogen-bond acceptors (Lipinski definition) is 3. The summed E-state index contributed by atoms with van der Waals surface area (Å²) in [4.78, 5) is 0. The number of hydrogen-bond donors (Lipinski definition) is 0. The normalized spacial score (nSPS) is 42.1. The van der Waals surface area contributed by atoms with Gasteiger partial charge in [0, 0.05) is 15.2 Å². The molecule has 1 saturated heterocycles. The fraction of sp³-hybridized carbons (Fsp3) is 1.00. The van der Waals surface area contributed by atoms with Gasteiger partial charge in [-0.1, -0.05) is 20.8 Å². The Morgan fingerprint density at radius 1 is 1.18 bits per heavy atom. The summed E-state index contributed by atoms with van der Waals surface area (Å²) in [7, 11) is -1.61. The highest BCUT2D eigenvalue weighted by Gasteiger charge is 2.38. The van der Waals surface area contributed by atoms with Crippen LogP contribution in [0.5, 0.6) is 0 Å². The fourth-order valence-electron chi connectivity index (χ4n) is 2.33. The van der Waals surface area contributed by atoms with E-state index in [1.54, 1.807) is 0 Å². The first-order chi connectivity index (χ1) is 8.82. The summed E-state index contributed by atoms with van der Waals surface area (Å²) in [6.07, 6.45) is 0.0394. The highest BCUT2D eigenvalue weighted by molar-refractivity contribution is 7.50. The minimum Gasteiger partial charge on any atom is -0.382 e. The molecule has 1 aliphatic rings. The molecule has 6 atom stereocenters. The van der Waals surface area contributed by atoms with Crippen molar-refractivity contribution in [3.63, 3.8) is 0 Å². The molecule has 1 unspecified atom stereocenters. The van der Waals surface area contributed by atoms with Gasteiger partial charge in [0.15, 0.2) is 0 Å². The van der Waals surface area contributed by atoms with Gasteiger partial charge in [0.1, 0.15) is 0 Å². The van der Waals surface area contributed by atoms with Crippen molar-refractivity contribution in [2.24, 2.45) is 17.8 Å². The van der Waals surface area contributed by atoms with E-state index in [0.29, 0.717) is 31.0 Å². The molecule has 1 fully saturated rings. The van der Waals surface area contributed by atoms with Crippen molar-refractivity contribution in [3.8, 4) is 0 Å². The van der Waals surface area contributed by atoms with Crippen molar-refractivity contribution >= 4 is 8.15 Å². The Morgan fingerprint density at radius 2 is 1.76 bits per heavy atom. The molecule has 0 aromatic heterocycles. The molecule has 1 rings (SSSR count). The van der Waals surface area contributed by atoms with Crippen LogP contribution in [0.2, 0.25) is 0 Å². The molecule has 0 aromatic carbocycles. The SMILES string of the molecule is [2H]C([3H])OC[C@H]1O[C@@H](COP(C)C)[C@H](C)[C@@H](C)[C@@H]1C. The summed E-state index contributed by atoms with van der Waals surface area (Å²) in [5.41, 5.74) is 0. The van der Waals surface area contributed by atoms with Crippen LogP contribution < -0.4 is 0 Å². The van der Waals surface area contributed by atoms with Crippen LogP contribution >= 0.6 is 8.15 Å². The maximum atomic E-state index is 7.11. The van der Waals surface area contributed by atoms with Crippen LogP contribution in [0.1, 0.15) is 23.5 Å². The van der Waals surface area contributed by atoms with Crippen LogP contribution in [0.3, 0.4) is 0 Å². The van der Waals surface area contributed by atoms with E-state index in [0.717, 1.165) is 0 Å². The Labute approximate surface area is 110 Å². The first-order valence-electron chi connectivity index (χ1n) is 7.40. The van der Waals surface area contributed by atoms with E-state index in [-0.39, 0.29) is 20.4 Å². The van der Waals surface area contributed by atoms with Crippen LogP contribution in [-0.2, 0) is 14.0 Å². The Morgan fingerprint density at radius 3 is 2.29 bits per heavy atom. The topological polar surface area (TPSA) is 27.7 Å². The predicted octanol–water partition coefficient (Wildman–Crippen LogP) is 2.98. The molecule has 0 aromatic rings. The second-order valence-corrected chi connectivity index (χ2v) is 7.11. The first kappa shape index (κ1) is 12.3. The van der Waals surface area contributed by atoms with Gasteiger partial charge in [0.25, 0.3) is 0 Å². The van der Waals surface area contributed by atoms with Crippen LogP contribution in [0.15, 0.2) is 0 Å². The molecule has 0 spiro atoms. The minimum atomic E-state index is -1.24. The molecule has 0 radical (unpaired) electrons. The number of ether oxygens (including phenoxy) is 2. The molecule has 3 nitrogen and oxygen atoms in total. The molecule has 0 N–H and O–H groups in total. The summed E-state index contributed by atoms with van der Waals surface area (Å²) in [6.45, 7) is 11.7. The van der Waals surface area contributed by atoms with E-state index in [4.69, 9.17) is 16.7 Å². The number of methoxy groups -OCH3 is 1. The quantitative estimate of drug-likeness (QED) is 0.715. The average Bonchev–Trinajstić information content (AvgIpc) is 2.33. The maximum Gasteiger partial charge on any atom is 0.0845 e. The monoisotopic (exact) mass is 265 g/mol. The molecule has 0 bridgehead atoms. The molecule has 1 heterocycles. The predicted molar refractivity (Wildman–Crippen MR) is 72.7 cm³/mol. The first-order valence-corrected chi connectivity index (χ1v) is 8.40. The van der Waals surface area contributed by atoms with Crippen molar-refractivity contribution in [2.45, 2.75) is 33.0 Å². The zero-order chi connectivity index (χ0) is 14.6. The molecule has 1 aliphatic heterocycles. The zero-order valence-electron chi connectivity index (χ0n) is 13.6. The lowest BCUT2D eigenvalue weighted by Gasteiger charge is -2.43. The van der Waals surface area contributed by atoms with Gasteiger partial charge in [-0.25, -0.2) is 0 Å². The maximum absolute atomic E-state index is 7.11. The van der Waals surface area contributed by atoms with Crippen molar-refractivity contribution in [2.75, 3.05) is 33.6 Å². The molecule has 0 amide bonds. The fourth-order valence-corrected chi connectivity index (χ4v) is 2.77. The van der Waals surface area contributed by atoms with Gasteiger partial charge in [-0.3, -0.25) is 0 Å². The highest BCUT2D eigenvalue weighted by atomic mass is 31.1. The third-order valence-corrected chi connectivity index (χ3v) is 4.60. The lowest BCUT2D eigenvalue weighted by Crippen LogP contribution is -2.48. The Kier molecular flexibility index (Phi) is 5.11. The van der Waals surface area contributed by atoms with Gasteiger partial charge in [-0.05, 0) is 31.1 Å². The van der Waals surface area contributed by atoms with E-state index in [1.165, 1.54) is 0 Å². The summed E-state index contributed by atoms with van der Waals surface area (Å²) in [5, 5.41) is 0. The largest absolute Gasteiger partial charge is 0.382 e.